The van der Waals surface area contributed by atoms with E-state index in [2.05, 4.69) is 37.4 Å². The summed E-state index contributed by atoms with van der Waals surface area (Å²) >= 11 is 0. The summed E-state index contributed by atoms with van der Waals surface area (Å²) in [5, 5.41) is 3.37. The van der Waals surface area contributed by atoms with E-state index in [9.17, 15) is 4.79 Å². The number of carbonyl (C=O) groups is 1. The number of hydrogen-bond acceptors (Lipinski definition) is 2. The summed E-state index contributed by atoms with van der Waals surface area (Å²) in [6.07, 6.45) is 0. The second-order valence-electron chi connectivity index (χ2n) is 5.59. The zero-order valence-corrected chi connectivity index (χ0v) is 13.1. The van der Waals surface area contributed by atoms with Crippen LogP contribution in [0.25, 0.3) is 0 Å². The minimum Gasteiger partial charge on any atom is -0.380 e. The smallest absolute Gasteiger partial charge is 0.255 e. The molecule has 0 aliphatic carbocycles. The number of nitrogens with one attached hydrogen (secondary N) is 1. The maximum absolute atomic E-state index is 12.2. The van der Waals surface area contributed by atoms with Crippen molar-refractivity contribution in [3.05, 3.63) is 64.7 Å². The Hall–Kier alpha value is -2.29. The molecule has 0 spiro atoms. The summed E-state index contributed by atoms with van der Waals surface area (Å²) in [7, 11) is 3.53. The van der Waals surface area contributed by atoms with Crippen molar-refractivity contribution in [2.45, 2.75) is 20.4 Å². The average molecular weight is 282 g/mol. The maximum Gasteiger partial charge on any atom is 0.255 e. The van der Waals surface area contributed by atoms with E-state index in [0.29, 0.717) is 12.1 Å². The molecule has 0 bridgehead atoms. The van der Waals surface area contributed by atoms with Gasteiger partial charge in [-0.3, -0.25) is 4.79 Å². The summed E-state index contributed by atoms with van der Waals surface area (Å²) in [6.45, 7) is 4.90. The Morgan fingerprint density at radius 3 is 2.29 bits per heavy atom. The fraction of sp³-hybridized carbons (Fsp3) is 0.278. The van der Waals surface area contributed by atoms with Crippen LogP contribution in [-0.4, -0.2) is 24.9 Å². The molecule has 0 heterocycles. The highest BCUT2D eigenvalue weighted by Crippen LogP contribution is 2.18. The minimum absolute atomic E-state index is 0.0125. The Morgan fingerprint density at radius 1 is 1.05 bits per heavy atom. The number of carbonyl (C=O) groups excluding carboxylic acids is 1. The second kappa shape index (κ2) is 6.44. The van der Waals surface area contributed by atoms with Gasteiger partial charge in [-0.25, -0.2) is 0 Å². The van der Waals surface area contributed by atoms with Crippen molar-refractivity contribution in [3.8, 4) is 0 Å². The molecule has 0 aliphatic rings. The Morgan fingerprint density at radius 2 is 1.67 bits per heavy atom. The number of anilines is 1. The molecule has 0 aromatic heterocycles. The molecule has 2 rings (SSSR count). The number of nitrogens with zero attached hydrogens (tertiary/aromatic N) is 1. The van der Waals surface area contributed by atoms with Crippen LogP contribution in [0.2, 0.25) is 0 Å². The molecule has 110 valence electrons. The number of aryl methyl sites for hydroxylation is 2. The first-order valence-electron chi connectivity index (χ1n) is 7.09. The summed E-state index contributed by atoms with van der Waals surface area (Å²) < 4.78 is 0. The molecule has 0 radical (unpaired) electrons. The lowest BCUT2D eigenvalue weighted by Gasteiger charge is -2.15. The van der Waals surface area contributed by atoms with Crippen molar-refractivity contribution in [3.63, 3.8) is 0 Å². The first kappa shape index (κ1) is 15.1. The predicted octanol–water partition coefficient (Wildman–Crippen LogP) is 3.62. The first-order valence-corrected chi connectivity index (χ1v) is 7.09. The molecule has 0 atom stereocenters. The molecule has 3 nitrogen and oxygen atoms in total. The fourth-order valence-electron chi connectivity index (χ4n) is 2.43. The van der Waals surface area contributed by atoms with E-state index in [1.807, 2.05) is 24.3 Å². The van der Waals surface area contributed by atoms with Crippen LogP contribution in [0.1, 0.15) is 27.0 Å². The predicted molar refractivity (Wildman–Crippen MR) is 87.7 cm³/mol. The Kier molecular flexibility index (Phi) is 4.63. The van der Waals surface area contributed by atoms with Crippen LogP contribution in [0.5, 0.6) is 0 Å². The molecule has 0 unspecified atom stereocenters. The molecule has 2 aromatic rings. The highest BCUT2D eigenvalue weighted by molar-refractivity contribution is 5.99. The second-order valence-corrected chi connectivity index (χ2v) is 5.59. The van der Waals surface area contributed by atoms with E-state index in [1.165, 1.54) is 16.7 Å². The van der Waals surface area contributed by atoms with Gasteiger partial charge in [-0.2, -0.15) is 0 Å². The van der Waals surface area contributed by atoms with Crippen molar-refractivity contribution < 1.29 is 4.79 Å². The Bertz CT molecular complexity index is 627. The van der Waals surface area contributed by atoms with Crippen molar-refractivity contribution in [2.24, 2.45) is 0 Å². The minimum atomic E-state index is 0.0125. The van der Waals surface area contributed by atoms with Crippen molar-refractivity contribution in [2.75, 3.05) is 19.4 Å². The summed E-state index contributed by atoms with van der Waals surface area (Å²) in [5.41, 5.74) is 5.30. The van der Waals surface area contributed by atoms with Crippen LogP contribution in [0, 0.1) is 13.8 Å². The number of hydrogen-bond donors (Lipinski definition) is 1. The van der Waals surface area contributed by atoms with Crippen molar-refractivity contribution >= 4 is 11.6 Å². The number of amides is 1. The van der Waals surface area contributed by atoms with Gasteiger partial charge in [0, 0.05) is 26.3 Å². The van der Waals surface area contributed by atoms with Gasteiger partial charge in [0.15, 0.2) is 0 Å². The van der Waals surface area contributed by atoms with Crippen LogP contribution >= 0.6 is 0 Å². The van der Waals surface area contributed by atoms with Gasteiger partial charge in [-0.05, 0) is 31.5 Å². The summed E-state index contributed by atoms with van der Waals surface area (Å²) in [4.78, 5) is 13.8. The van der Waals surface area contributed by atoms with E-state index in [0.717, 1.165) is 5.69 Å². The Labute approximate surface area is 126 Å². The third-order valence-corrected chi connectivity index (χ3v) is 3.33. The van der Waals surface area contributed by atoms with E-state index < -0.39 is 0 Å². The van der Waals surface area contributed by atoms with Crippen LogP contribution in [0.4, 0.5) is 5.69 Å². The van der Waals surface area contributed by atoms with Crippen LogP contribution < -0.4 is 5.32 Å². The monoisotopic (exact) mass is 282 g/mol. The van der Waals surface area contributed by atoms with Crippen molar-refractivity contribution in [1.29, 1.82) is 0 Å². The summed E-state index contributed by atoms with van der Waals surface area (Å²) in [6, 6.07) is 14.1. The van der Waals surface area contributed by atoms with E-state index in [1.54, 1.807) is 19.0 Å². The average Bonchev–Trinajstić information content (AvgIpc) is 2.43. The van der Waals surface area contributed by atoms with E-state index in [-0.39, 0.29) is 5.91 Å². The van der Waals surface area contributed by atoms with Gasteiger partial charge in [0.25, 0.3) is 5.91 Å². The highest BCUT2D eigenvalue weighted by Gasteiger charge is 2.12. The SMILES string of the molecule is Cc1cc(C)cc(CNc2ccccc2C(=O)N(C)C)c1. The molecule has 0 saturated heterocycles. The molecule has 0 saturated carbocycles. The third-order valence-electron chi connectivity index (χ3n) is 3.33. The Balaban J connectivity index is 2.18. The lowest BCUT2D eigenvalue weighted by atomic mass is 10.1. The molecule has 1 N–H and O–H groups in total. The number of rotatable bonds is 4. The van der Waals surface area contributed by atoms with Crippen LogP contribution in [0.3, 0.4) is 0 Å². The number of para-hydroxylation sites is 1. The lowest BCUT2D eigenvalue weighted by Crippen LogP contribution is -2.22. The molecular weight excluding hydrogens is 260 g/mol. The molecular formula is C18H22N2O. The molecule has 2 aromatic carbocycles. The van der Waals surface area contributed by atoms with Crippen molar-refractivity contribution in [1.82, 2.24) is 4.90 Å². The fourth-order valence-corrected chi connectivity index (χ4v) is 2.43. The standard InChI is InChI=1S/C18H22N2O/c1-13-9-14(2)11-15(10-13)12-19-17-8-6-5-7-16(17)18(21)20(3)4/h5-11,19H,12H2,1-4H3. The highest BCUT2D eigenvalue weighted by atomic mass is 16.2. The first-order chi connectivity index (χ1) is 9.97. The van der Waals surface area contributed by atoms with Gasteiger partial charge < -0.3 is 10.2 Å². The van der Waals surface area contributed by atoms with Crippen LogP contribution in [-0.2, 0) is 6.54 Å². The largest absolute Gasteiger partial charge is 0.380 e. The van der Waals surface area contributed by atoms with Gasteiger partial charge in [0.2, 0.25) is 0 Å². The molecule has 0 fully saturated rings. The molecule has 3 heteroatoms. The lowest BCUT2D eigenvalue weighted by molar-refractivity contribution is 0.0828. The third kappa shape index (κ3) is 3.85. The normalized spacial score (nSPS) is 10.3. The zero-order valence-electron chi connectivity index (χ0n) is 13.1. The maximum atomic E-state index is 12.2. The van der Waals surface area contributed by atoms with Gasteiger partial charge in [-0.15, -0.1) is 0 Å². The quantitative estimate of drug-likeness (QED) is 0.929. The molecule has 1 amide bonds. The number of benzene rings is 2. The van der Waals surface area contributed by atoms with Gasteiger partial charge in [0.05, 0.1) is 5.56 Å². The van der Waals surface area contributed by atoms with E-state index >= 15 is 0 Å². The molecule has 0 aliphatic heterocycles. The van der Waals surface area contributed by atoms with Crippen LogP contribution in [0.15, 0.2) is 42.5 Å². The zero-order chi connectivity index (χ0) is 15.4. The van der Waals surface area contributed by atoms with Gasteiger partial charge in [0.1, 0.15) is 0 Å². The summed E-state index contributed by atoms with van der Waals surface area (Å²) in [5.74, 6) is 0.0125. The topological polar surface area (TPSA) is 32.3 Å². The van der Waals surface area contributed by atoms with Gasteiger partial charge >= 0.3 is 0 Å². The van der Waals surface area contributed by atoms with Gasteiger partial charge in [-0.1, -0.05) is 41.5 Å². The van der Waals surface area contributed by atoms with E-state index in [4.69, 9.17) is 0 Å². The molecule has 21 heavy (non-hydrogen) atoms.